The van der Waals surface area contributed by atoms with E-state index < -0.39 is 0 Å². The van der Waals surface area contributed by atoms with E-state index >= 15 is 0 Å². The summed E-state index contributed by atoms with van der Waals surface area (Å²) in [7, 11) is 0. The second-order valence-corrected chi connectivity index (χ2v) is 3.60. The van der Waals surface area contributed by atoms with Gasteiger partial charge in [-0.05, 0) is 12.5 Å². The number of nitrogens with one attached hydrogen (secondary N) is 1. The third-order valence-corrected chi connectivity index (χ3v) is 2.58. The second-order valence-electron chi connectivity index (χ2n) is 3.25. The fraction of sp³-hybridized carbons (Fsp3) is 0.300. The highest BCUT2D eigenvalue weighted by molar-refractivity contribution is 6.69. The normalized spacial score (nSPS) is 24.2. The molecule has 0 amide bonds. The zero-order chi connectivity index (χ0) is 9.26. The lowest BCUT2D eigenvalue weighted by molar-refractivity contribution is 0.752. The summed E-state index contributed by atoms with van der Waals surface area (Å²) >= 11 is 6.01. The first-order chi connectivity index (χ1) is 6.29. The van der Waals surface area contributed by atoms with E-state index in [2.05, 4.69) is 16.9 Å². The number of H-pyrrole nitrogens is 1. The third-order valence-electron chi connectivity index (χ3n) is 2.28. The Hall–Kier alpha value is -1.02. The molecule has 0 saturated carbocycles. The van der Waals surface area contributed by atoms with Crippen LogP contribution >= 0.6 is 11.6 Å². The maximum atomic E-state index is 6.01. The summed E-state index contributed by atoms with van der Waals surface area (Å²) in [5.41, 5.74) is 2.21. The van der Waals surface area contributed by atoms with Crippen LogP contribution in [0.4, 0.5) is 0 Å². The molecule has 0 radical (unpaired) electrons. The summed E-state index contributed by atoms with van der Waals surface area (Å²) in [5, 5.41) is 0.569. The van der Waals surface area contributed by atoms with Gasteiger partial charge in [0.05, 0.1) is 0 Å². The van der Waals surface area contributed by atoms with E-state index in [1.807, 2.05) is 18.3 Å². The number of hydrogen-bond acceptors (Lipinski definition) is 1. The van der Waals surface area contributed by atoms with E-state index in [0.29, 0.717) is 11.1 Å². The minimum atomic E-state index is 0.477. The summed E-state index contributed by atoms with van der Waals surface area (Å²) in [6, 6.07) is 1.97. The zero-order valence-electron chi connectivity index (χ0n) is 7.42. The van der Waals surface area contributed by atoms with Crippen molar-refractivity contribution in [1.82, 2.24) is 4.98 Å². The molecule has 1 aliphatic heterocycles. The molecule has 0 saturated heterocycles. The number of hydrogen-bond donors (Lipinski definition) is 1. The van der Waals surface area contributed by atoms with E-state index in [-0.39, 0.29) is 0 Å². The Morgan fingerprint density at radius 2 is 2.46 bits per heavy atom. The van der Waals surface area contributed by atoms with Crippen molar-refractivity contribution in [1.29, 1.82) is 0 Å². The maximum Gasteiger partial charge on any atom is 0.138 e. The first-order valence-electron chi connectivity index (χ1n) is 4.35. The Balaban J connectivity index is 2.52. The number of aliphatic imine (C=N–C) groups is 1. The van der Waals surface area contributed by atoms with Crippen molar-refractivity contribution >= 4 is 16.8 Å². The van der Waals surface area contributed by atoms with Gasteiger partial charge in [-0.1, -0.05) is 24.6 Å². The van der Waals surface area contributed by atoms with E-state index in [1.165, 1.54) is 5.69 Å². The van der Waals surface area contributed by atoms with Gasteiger partial charge in [0.1, 0.15) is 5.17 Å². The molecular formula is C10H11ClN2. The SMILES string of the molecule is CC1C/C=C/N=C(Cl)c2cc[nH]c21. The summed E-state index contributed by atoms with van der Waals surface area (Å²) in [6.45, 7) is 2.18. The highest BCUT2D eigenvalue weighted by Crippen LogP contribution is 2.25. The van der Waals surface area contributed by atoms with Crippen molar-refractivity contribution in [2.45, 2.75) is 19.3 Å². The van der Waals surface area contributed by atoms with Crippen LogP contribution in [-0.4, -0.2) is 10.2 Å². The fourth-order valence-corrected chi connectivity index (χ4v) is 1.76. The van der Waals surface area contributed by atoms with E-state index in [1.54, 1.807) is 6.20 Å². The Kier molecular flexibility index (Phi) is 2.23. The van der Waals surface area contributed by atoms with E-state index in [0.717, 1.165) is 12.0 Å². The fourth-order valence-electron chi connectivity index (χ4n) is 1.54. The molecule has 0 aliphatic carbocycles. The molecule has 0 spiro atoms. The largest absolute Gasteiger partial charge is 0.364 e. The van der Waals surface area contributed by atoms with Crippen LogP contribution in [0.15, 0.2) is 29.5 Å². The minimum Gasteiger partial charge on any atom is -0.364 e. The lowest BCUT2D eigenvalue weighted by Crippen LogP contribution is -2.02. The number of nitrogens with zero attached hydrogens (tertiary/aromatic N) is 1. The van der Waals surface area contributed by atoms with Crippen LogP contribution in [0.3, 0.4) is 0 Å². The predicted octanol–water partition coefficient (Wildman–Crippen LogP) is 3.02. The third kappa shape index (κ3) is 1.54. The van der Waals surface area contributed by atoms with Gasteiger partial charge in [0, 0.05) is 29.6 Å². The molecule has 2 heterocycles. The quantitative estimate of drug-likeness (QED) is 0.658. The number of allylic oxidation sites excluding steroid dienone is 1. The molecular weight excluding hydrogens is 184 g/mol. The van der Waals surface area contributed by atoms with Gasteiger partial charge in [0.25, 0.3) is 0 Å². The number of aromatic amines is 1. The van der Waals surface area contributed by atoms with Crippen molar-refractivity contribution < 1.29 is 0 Å². The van der Waals surface area contributed by atoms with Crippen molar-refractivity contribution in [3.05, 3.63) is 35.8 Å². The van der Waals surface area contributed by atoms with Crippen LogP contribution in [0.5, 0.6) is 0 Å². The van der Waals surface area contributed by atoms with Gasteiger partial charge >= 0.3 is 0 Å². The van der Waals surface area contributed by atoms with Gasteiger partial charge in [-0.15, -0.1) is 0 Å². The average molecular weight is 195 g/mol. The second kappa shape index (κ2) is 3.38. The van der Waals surface area contributed by atoms with Crippen LogP contribution in [0.2, 0.25) is 0 Å². The lowest BCUT2D eigenvalue weighted by atomic mass is 10.0. The molecule has 1 N–H and O–H groups in total. The Morgan fingerprint density at radius 1 is 1.62 bits per heavy atom. The van der Waals surface area contributed by atoms with Gasteiger partial charge in [0.2, 0.25) is 0 Å². The highest BCUT2D eigenvalue weighted by Gasteiger charge is 2.14. The molecule has 1 unspecified atom stereocenters. The Bertz CT molecular complexity index is 363. The molecule has 2 rings (SSSR count). The summed E-state index contributed by atoms with van der Waals surface area (Å²) < 4.78 is 0. The van der Waals surface area contributed by atoms with Gasteiger partial charge in [-0.3, -0.25) is 0 Å². The monoisotopic (exact) mass is 194 g/mol. The number of halogens is 1. The molecule has 0 fully saturated rings. The highest BCUT2D eigenvalue weighted by atomic mass is 35.5. The summed E-state index contributed by atoms with van der Waals surface area (Å²) in [4.78, 5) is 7.32. The standard InChI is InChI=1S/C10H11ClN2/c1-7-3-2-5-13-10(11)8-4-6-12-9(7)8/h2,4-7,12H,3H2,1H3/b5-2+,13-10?. The molecule has 2 nitrogen and oxygen atoms in total. The van der Waals surface area contributed by atoms with Gasteiger partial charge in [-0.2, -0.15) is 0 Å². The van der Waals surface area contributed by atoms with Crippen molar-refractivity contribution in [3.8, 4) is 0 Å². The van der Waals surface area contributed by atoms with Gasteiger partial charge < -0.3 is 4.98 Å². The molecule has 1 aromatic heterocycles. The maximum absolute atomic E-state index is 6.01. The molecule has 1 atom stereocenters. The molecule has 3 heteroatoms. The lowest BCUT2D eigenvalue weighted by Gasteiger charge is -2.11. The number of fused-ring (bicyclic) bond motifs is 1. The summed E-state index contributed by atoms with van der Waals surface area (Å²) in [6.07, 6.45) is 6.72. The van der Waals surface area contributed by atoms with Crippen LogP contribution in [-0.2, 0) is 0 Å². The molecule has 13 heavy (non-hydrogen) atoms. The number of rotatable bonds is 0. The topological polar surface area (TPSA) is 28.1 Å². The van der Waals surface area contributed by atoms with Crippen LogP contribution in [0.25, 0.3) is 0 Å². The average Bonchev–Trinajstić information content (AvgIpc) is 2.57. The predicted molar refractivity (Wildman–Crippen MR) is 55.4 cm³/mol. The summed E-state index contributed by atoms with van der Waals surface area (Å²) in [5.74, 6) is 0.477. The Labute approximate surface area is 82.3 Å². The molecule has 68 valence electrons. The van der Waals surface area contributed by atoms with Crippen LogP contribution in [0, 0.1) is 0 Å². The van der Waals surface area contributed by atoms with Gasteiger partial charge in [0.15, 0.2) is 0 Å². The van der Waals surface area contributed by atoms with Gasteiger partial charge in [-0.25, -0.2) is 4.99 Å². The molecule has 1 aliphatic rings. The number of aromatic nitrogens is 1. The first-order valence-corrected chi connectivity index (χ1v) is 4.73. The molecule has 1 aromatic rings. The minimum absolute atomic E-state index is 0.477. The smallest absolute Gasteiger partial charge is 0.138 e. The van der Waals surface area contributed by atoms with E-state index in [4.69, 9.17) is 11.6 Å². The van der Waals surface area contributed by atoms with Crippen molar-refractivity contribution in [2.75, 3.05) is 0 Å². The molecule has 0 aromatic carbocycles. The Morgan fingerprint density at radius 3 is 3.31 bits per heavy atom. The zero-order valence-corrected chi connectivity index (χ0v) is 8.17. The van der Waals surface area contributed by atoms with Crippen molar-refractivity contribution in [2.24, 2.45) is 4.99 Å². The van der Waals surface area contributed by atoms with Crippen LogP contribution < -0.4 is 0 Å². The van der Waals surface area contributed by atoms with Crippen LogP contribution in [0.1, 0.15) is 30.5 Å². The molecule has 0 bridgehead atoms. The first kappa shape index (κ1) is 8.57. The van der Waals surface area contributed by atoms with E-state index in [9.17, 15) is 0 Å². The van der Waals surface area contributed by atoms with Crippen molar-refractivity contribution in [3.63, 3.8) is 0 Å².